The van der Waals surface area contributed by atoms with E-state index in [1.807, 2.05) is 77.7 Å². The van der Waals surface area contributed by atoms with Crippen LogP contribution in [-0.4, -0.2) is 17.4 Å². The van der Waals surface area contributed by atoms with Crippen LogP contribution >= 0.6 is 22.6 Å². The zero-order valence-electron chi connectivity index (χ0n) is 18.7. The van der Waals surface area contributed by atoms with E-state index in [0.29, 0.717) is 12.1 Å². The molecule has 4 aromatic rings. The third-order valence-electron chi connectivity index (χ3n) is 6.21. The highest BCUT2D eigenvalue weighted by atomic mass is 127. The third-order valence-corrected chi connectivity index (χ3v) is 6.88. The van der Waals surface area contributed by atoms with Crippen LogP contribution in [-0.2, 0) is 12.1 Å². The molecule has 1 amide bonds. The topological polar surface area (TPSA) is 32.3 Å². The van der Waals surface area contributed by atoms with Crippen LogP contribution in [0.3, 0.4) is 0 Å². The van der Waals surface area contributed by atoms with Crippen molar-refractivity contribution < 1.29 is 4.79 Å². The summed E-state index contributed by atoms with van der Waals surface area (Å²) in [6.45, 7) is 0.578. The van der Waals surface area contributed by atoms with E-state index in [2.05, 4.69) is 76.5 Å². The Balaban J connectivity index is 1.65. The molecule has 4 heteroatoms. The number of hydrogen-bond acceptors (Lipinski definition) is 2. The van der Waals surface area contributed by atoms with Crippen molar-refractivity contribution in [2.45, 2.75) is 12.1 Å². The Bertz CT molecular complexity index is 1310. The number of halogens is 1. The largest absolute Gasteiger partial charge is 0.355 e. The number of carbonyl (C=O) groups is 1. The summed E-state index contributed by atoms with van der Waals surface area (Å²) in [7, 11) is 0. The van der Waals surface area contributed by atoms with Gasteiger partial charge in [0.2, 0.25) is 0 Å². The molecule has 0 saturated carbocycles. The molecule has 0 aliphatic carbocycles. The van der Waals surface area contributed by atoms with Gasteiger partial charge in [0, 0.05) is 21.4 Å². The lowest BCUT2D eigenvalue weighted by atomic mass is 9.90. The summed E-state index contributed by atoms with van der Waals surface area (Å²) in [6, 6.07) is 36.8. The van der Waals surface area contributed by atoms with Crippen molar-refractivity contribution in [3.63, 3.8) is 0 Å². The predicted molar refractivity (Wildman–Crippen MR) is 148 cm³/mol. The molecule has 0 radical (unpaired) electrons. The number of anilines is 1. The Hall–Kier alpha value is -3.38. The standard InChI is InChI=1S/C30H25IN2O/c31-26-16-17-28-27(22-26)29(34)33(21-19-24-12-6-2-7-13-24)30(32-28,25-14-8-3-9-15-25)20-18-23-10-4-1-5-11-23/h1-18,20,22,32H,19,21H2/b20-18+. The monoisotopic (exact) mass is 556 g/mol. The Morgan fingerprint density at radius 2 is 1.47 bits per heavy atom. The Kier molecular flexibility index (Phi) is 6.50. The molecule has 168 valence electrons. The minimum atomic E-state index is -0.817. The first-order chi connectivity index (χ1) is 16.7. The van der Waals surface area contributed by atoms with Gasteiger partial charge >= 0.3 is 0 Å². The van der Waals surface area contributed by atoms with Gasteiger partial charge in [-0.2, -0.15) is 0 Å². The molecule has 1 heterocycles. The number of rotatable bonds is 6. The average molecular weight is 556 g/mol. The van der Waals surface area contributed by atoms with Gasteiger partial charge in [0.05, 0.1) is 5.56 Å². The second-order valence-electron chi connectivity index (χ2n) is 8.38. The van der Waals surface area contributed by atoms with Crippen LogP contribution in [0.1, 0.15) is 27.0 Å². The molecule has 0 bridgehead atoms. The lowest BCUT2D eigenvalue weighted by Crippen LogP contribution is -2.57. The molecule has 5 rings (SSSR count). The zero-order chi connectivity index (χ0) is 23.4. The quantitative estimate of drug-likeness (QED) is 0.260. The van der Waals surface area contributed by atoms with E-state index < -0.39 is 5.66 Å². The van der Waals surface area contributed by atoms with E-state index in [1.54, 1.807) is 0 Å². The molecule has 3 nitrogen and oxygen atoms in total. The SMILES string of the molecule is O=C1c2cc(I)ccc2NC(/C=C/c2ccccc2)(c2ccccc2)N1CCc1ccccc1. The van der Waals surface area contributed by atoms with Crippen LogP contribution in [0, 0.1) is 3.57 Å². The molecule has 0 spiro atoms. The number of nitrogens with zero attached hydrogens (tertiary/aromatic N) is 1. The molecule has 1 aliphatic heterocycles. The third kappa shape index (κ3) is 4.50. The highest BCUT2D eigenvalue weighted by Gasteiger charge is 2.44. The molecule has 4 aromatic carbocycles. The van der Waals surface area contributed by atoms with Crippen molar-refractivity contribution in [1.82, 2.24) is 4.90 Å². The van der Waals surface area contributed by atoms with Crippen LogP contribution < -0.4 is 5.32 Å². The predicted octanol–water partition coefficient (Wildman–Crippen LogP) is 6.97. The van der Waals surface area contributed by atoms with E-state index >= 15 is 0 Å². The summed E-state index contributed by atoms with van der Waals surface area (Å²) in [6.07, 6.45) is 4.99. The van der Waals surface area contributed by atoms with Gasteiger partial charge in [0.25, 0.3) is 5.91 Å². The molecular weight excluding hydrogens is 531 g/mol. The first-order valence-electron chi connectivity index (χ1n) is 11.4. The number of hydrogen-bond donors (Lipinski definition) is 1. The van der Waals surface area contributed by atoms with Gasteiger partial charge in [-0.3, -0.25) is 4.79 Å². The van der Waals surface area contributed by atoms with E-state index in [4.69, 9.17) is 0 Å². The van der Waals surface area contributed by atoms with Crippen molar-refractivity contribution in [1.29, 1.82) is 0 Å². The normalized spacial score (nSPS) is 17.4. The second kappa shape index (κ2) is 9.85. The molecule has 0 saturated heterocycles. The fourth-order valence-electron chi connectivity index (χ4n) is 4.47. The van der Waals surface area contributed by atoms with Crippen molar-refractivity contribution in [2.75, 3.05) is 11.9 Å². The van der Waals surface area contributed by atoms with Crippen LogP contribution in [0.4, 0.5) is 5.69 Å². The van der Waals surface area contributed by atoms with Gasteiger partial charge in [0.1, 0.15) is 0 Å². The minimum Gasteiger partial charge on any atom is -0.355 e. The van der Waals surface area contributed by atoms with E-state index in [-0.39, 0.29) is 5.91 Å². The zero-order valence-corrected chi connectivity index (χ0v) is 20.9. The van der Waals surface area contributed by atoms with E-state index in [1.165, 1.54) is 5.56 Å². The summed E-state index contributed by atoms with van der Waals surface area (Å²) >= 11 is 2.27. The van der Waals surface area contributed by atoms with E-state index in [0.717, 1.165) is 26.8 Å². The van der Waals surface area contributed by atoms with Crippen molar-refractivity contribution >= 4 is 40.3 Å². The maximum Gasteiger partial charge on any atom is 0.258 e. The Labute approximate surface area is 214 Å². The Morgan fingerprint density at radius 1 is 0.824 bits per heavy atom. The van der Waals surface area contributed by atoms with Gasteiger partial charge in [-0.05, 0) is 64.4 Å². The lowest BCUT2D eigenvalue weighted by Gasteiger charge is -2.47. The fraction of sp³-hybridized carbons (Fsp3) is 0.100. The Morgan fingerprint density at radius 3 is 2.18 bits per heavy atom. The maximum atomic E-state index is 14.0. The molecule has 1 aliphatic rings. The summed E-state index contributed by atoms with van der Waals surface area (Å²) in [5.41, 5.74) is 4.06. The summed E-state index contributed by atoms with van der Waals surface area (Å²) in [5.74, 6) is 0.0322. The van der Waals surface area contributed by atoms with Gasteiger partial charge < -0.3 is 10.2 Å². The molecule has 0 aromatic heterocycles. The molecule has 34 heavy (non-hydrogen) atoms. The van der Waals surface area contributed by atoms with Crippen LogP contribution in [0.2, 0.25) is 0 Å². The molecule has 1 N–H and O–H groups in total. The highest BCUT2D eigenvalue weighted by molar-refractivity contribution is 14.1. The first-order valence-corrected chi connectivity index (χ1v) is 12.5. The van der Waals surface area contributed by atoms with Crippen molar-refractivity contribution in [3.8, 4) is 0 Å². The highest BCUT2D eigenvalue weighted by Crippen LogP contribution is 2.40. The minimum absolute atomic E-state index is 0.0322. The van der Waals surface area contributed by atoms with Gasteiger partial charge in [-0.15, -0.1) is 0 Å². The number of carbonyl (C=O) groups excluding carboxylic acids is 1. The molecule has 0 fully saturated rings. The lowest BCUT2D eigenvalue weighted by molar-refractivity contribution is 0.0591. The smallest absolute Gasteiger partial charge is 0.258 e. The molecule has 1 atom stereocenters. The number of amides is 1. The summed E-state index contributed by atoms with van der Waals surface area (Å²) in [4.78, 5) is 16.0. The molecule has 1 unspecified atom stereocenters. The van der Waals surface area contributed by atoms with E-state index in [9.17, 15) is 4.79 Å². The van der Waals surface area contributed by atoms with Crippen LogP contribution in [0.15, 0.2) is 115 Å². The molecular formula is C30H25IN2O. The van der Waals surface area contributed by atoms with Crippen molar-refractivity contribution in [2.24, 2.45) is 0 Å². The number of nitrogens with one attached hydrogen (secondary N) is 1. The van der Waals surface area contributed by atoms with Gasteiger partial charge in [-0.25, -0.2) is 0 Å². The summed E-state index contributed by atoms with van der Waals surface area (Å²) < 4.78 is 1.04. The second-order valence-corrected chi connectivity index (χ2v) is 9.63. The fourth-order valence-corrected chi connectivity index (χ4v) is 4.96. The maximum absolute atomic E-state index is 14.0. The van der Waals surface area contributed by atoms with Crippen LogP contribution in [0.5, 0.6) is 0 Å². The van der Waals surface area contributed by atoms with Crippen molar-refractivity contribution in [3.05, 3.63) is 141 Å². The van der Waals surface area contributed by atoms with Gasteiger partial charge in [-0.1, -0.05) is 97.1 Å². The number of benzene rings is 4. The van der Waals surface area contributed by atoms with Gasteiger partial charge in [0.15, 0.2) is 5.66 Å². The summed E-state index contributed by atoms with van der Waals surface area (Å²) in [5, 5.41) is 3.76. The number of fused-ring (bicyclic) bond motifs is 1. The first kappa shape index (κ1) is 22.4. The van der Waals surface area contributed by atoms with Crippen LogP contribution in [0.25, 0.3) is 6.08 Å². The average Bonchev–Trinajstić information content (AvgIpc) is 2.89.